The van der Waals surface area contributed by atoms with Crippen LogP contribution >= 0.6 is 0 Å². The third kappa shape index (κ3) is 2.93. The largest absolute Gasteiger partial charge is 0.436 e. The lowest BCUT2D eigenvalue weighted by atomic mass is 10.1. The van der Waals surface area contributed by atoms with Crippen LogP contribution in [-0.2, 0) is 0 Å². The molecule has 0 N–H and O–H groups in total. The van der Waals surface area contributed by atoms with Gasteiger partial charge in [0, 0.05) is 36.1 Å². The number of amides is 1. The van der Waals surface area contributed by atoms with E-state index >= 15 is 0 Å². The monoisotopic (exact) mass is 347 g/mol. The Morgan fingerprint density at radius 2 is 1.92 bits per heavy atom. The second-order valence-electron chi connectivity index (χ2n) is 5.78. The quantitative estimate of drug-likeness (QED) is 0.554. The molecule has 0 bridgehead atoms. The predicted molar refractivity (Wildman–Crippen MR) is 96.4 cm³/mol. The van der Waals surface area contributed by atoms with E-state index in [-0.39, 0.29) is 5.91 Å². The molecule has 0 aliphatic heterocycles. The summed E-state index contributed by atoms with van der Waals surface area (Å²) >= 11 is 0. The lowest BCUT2D eigenvalue weighted by Gasteiger charge is -2.17. The van der Waals surface area contributed by atoms with Crippen molar-refractivity contribution < 1.29 is 13.6 Å². The van der Waals surface area contributed by atoms with E-state index in [4.69, 9.17) is 4.42 Å². The van der Waals surface area contributed by atoms with Crippen molar-refractivity contribution >= 4 is 22.7 Å². The number of nitrogens with zero attached hydrogens (tertiary/aromatic N) is 3. The lowest BCUT2D eigenvalue weighted by molar-refractivity contribution is 0.0992. The first-order chi connectivity index (χ1) is 12.6. The zero-order valence-electron chi connectivity index (χ0n) is 13.9. The van der Waals surface area contributed by atoms with Crippen molar-refractivity contribution in [2.24, 2.45) is 0 Å². The van der Waals surface area contributed by atoms with Crippen LogP contribution in [0.1, 0.15) is 10.4 Å². The highest BCUT2D eigenvalue weighted by atomic mass is 19.1. The molecule has 0 aliphatic carbocycles. The molecule has 6 heteroatoms. The van der Waals surface area contributed by atoms with Crippen molar-refractivity contribution in [2.75, 3.05) is 11.9 Å². The van der Waals surface area contributed by atoms with Crippen molar-refractivity contribution in [3.8, 4) is 11.5 Å². The molecule has 0 spiro atoms. The Morgan fingerprint density at radius 1 is 1.12 bits per heavy atom. The molecule has 26 heavy (non-hydrogen) atoms. The summed E-state index contributed by atoms with van der Waals surface area (Å²) in [5, 5.41) is 0. The van der Waals surface area contributed by atoms with E-state index in [2.05, 4.69) is 9.97 Å². The number of anilines is 1. The van der Waals surface area contributed by atoms with Gasteiger partial charge >= 0.3 is 0 Å². The van der Waals surface area contributed by atoms with Crippen LogP contribution in [0.3, 0.4) is 0 Å². The van der Waals surface area contributed by atoms with E-state index in [1.165, 1.54) is 23.1 Å². The molecule has 2 aromatic carbocycles. The first-order valence-electron chi connectivity index (χ1n) is 7.96. The van der Waals surface area contributed by atoms with Gasteiger partial charge in [0.15, 0.2) is 5.58 Å². The van der Waals surface area contributed by atoms with Crippen LogP contribution in [0.4, 0.5) is 10.1 Å². The third-order valence-electron chi connectivity index (χ3n) is 4.07. The highest BCUT2D eigenvalue weighted by Gasteiger charge is 2.15. The summed E-state index contributed by atoms with van der Waals surface area (Å²) in [6, 6.07) is 14.6. The predicted octanol–water partition coefficient (Wildman–Crippen LogP) is 4.31. The Balaban J connectivity index is 1.59. The summed E-state index contributed by atoms with van der Waals surface area (Å²) in [6.07, 6.45) is 3.29. The summed E-state index contributed by atoms with van der Waals surface area (Å²) in [7, 11) is 1.65. The van der Waals surface area contributed by atoms with E-state index < -0.39 is 5.82 Å². The molecule has 0 unspecified atom stereocenters. The maximum absolute atomic E-state index is 13.3. The van der Waals surface area contributed by atoms with Gasteiger partial charge in [-0.25, -0.2) is 9.37 Å². The summed E-state index contributed by atoms with van der Waals surface area (Å²) in [6.45, 7) is 0. The first-order valence-corrected chi connectivity index (χ1v) is 7.96. The number of carbonyl (C=O) groups excluding carboxylic acids is 1. The maximum Gasteiger partial charge on any atom is 0.258 e. The van der Waals surface area contributed by atoms with Gasteiger partial charge in [0.25, 0.3) is 5.91 Å². The lowest BCUT2D eigenvalue weighted by Crippen LogP contribution is -2.26. The Hall–Kier alpha value is -3.54. The number of carbonyl (C=O) groups is 1. The Bertz CT molecular complexity index is 1060. The molecule has 2 heterocycles. The van der Waals surface area contributed by atoms with Gasteiger partial charge in [-0.3, -0.25) is 9.78 Å². The van der Waals surface area contributed by atoms with Gasteiger partial charge in [0.1, 0.15) is 11.3 Å². The second-order valence-corrected chi connectivity index (χ2v) is 5.78. The number of aromatic nitrogens is 2. The van der Waals surface area contributed by atoms with Gasteiger partial charge in [0.2, 0.25) is 5.89 Å². The van der Waals surface area contributed by atoms with Crippen molar-refractivity contribution in [3.63, 3.8) is 0 Å². The average molecular weight is 347 g/mol. The summed E-state index contributed by atoms with van der Waals surface area (Å²) in [5.74, 6) is -0.242. The fourth-order valence-electron chi connectivity index (χ4n) is 2.66. The number of pyridine rings is 1. The molecule has 128 valence electrons. The molecule has 0 fully saturated rings. The maximum atomic E-state index is 13.3. The first kappa shape index (κ1) is 16.0. The van der Waals surface area contributed by atoms with E-state index in [1.54, 1.807) is 43.7 Å². The van der Waals surface area contributed by atoms with Crippen molar-refractivity contribution in [1.82, 2.24) is 9.97 Å². The molecular formula is C20H14FN3O2. The fraction of sp³-hybridized carbons (Fsp3) is 0.0500. The smallest absolute Gasteiger partial charge is 0.258 e. The van der Waals surface area contributed by atoms with Gasteiger partial charge in [-0.2, -0.15) is 0 Å². The van der Waals surface area contributed by atoms with Gasteiger partial charge in [-0.1, -0.05) is 6.07 Å². The number of halogens is 1. The minimum absolute atomic E-state index is 0.287. The SMILES string of the molecule is CN(C(=O)c1cccc(F)c1)c1ccc(-c2nc3cnccc3o2)cc1. The van der Waals surface area contributed by atoms with Crippen LogP contribution in [0.15, 0.2) is 71.4 Å². The summed E-state index contributed by atoms with van der Waals surface area (Å²) in [4.78, 5) is 22.4. The normalized spacial score (nSPS) is 10.8. The molecule has 2 aromatic heterocycles. The van der Waals surface area contributed by atoms with Crippen LogP contribution < -0.4 is 4.90 Å². The van der Waals surface area contributed by atoms with Gasteiger partial charge in [-0.15, -0.1) is 0 Å². The molecule has 0 atom stereocenters. The Labute approximate surface area is 148 Å². The molecular weight excluding hydrogens is 333 g/mol. The van der Waals surface area contributed by atoms with E-state index in [1.807, 2.05) is 12.1 Å². The summed E-state index contributed by atoms with van der Waals surface area (Å²) < 4.78 is 19.0. The Kier molecular flexibility index (Phi) is 3.93. The van der Waals surface area contributed by atoms with Crippen LogP contribution in [-0.4, -0.2) is 22.9 Å². The summed E-state index contributed by atoms with van der Waals surface area (Å²) in [5.41, 5.74) is 3.11. The second kappa shape index (κ2) is 6.40. The number of benzene rings is 2. The molecule has 4 aromatic rings. The minimum atomic E-state index is -0.440. The van der Waals surface area contributed by atoms with Crippen LogP contribution in [0.5, 0.6) is 0 Å². The van der Waals surface area contributed by atoms with E-state index in [0.717, 1.165) is 5.56 Å². The van der Waals surface area contributed by atoms with Crippen molar-refractivity contribution in [2.45, 2.75) is 0 Å². The molecule has 4 rings (SSSR count). The van der Waals surface area contributed by atoms with E-state index in [9.17, 15) is 9.18 Å². The number of hydrogen-bond acceptors (Lipinski definition) is 4. The minimum Gasteiger partial charge on any atom is -0.436 e. The third-order valence-corrected chi connectivity index (χ3v) is 4.07. The molecule has 0 saturated carbocycles. The topological polar surface area (TPSA) is 59.2 Å². The standard InChI is InChI=1S/C20H14FN3O2/c1-24(20(25)14-3-2-4-15(21)11-14)16-7-5-13(6-8-16)19-23-17-12-22-10-9-18(17)26-19/h2-12H,1H3. The zero-order valence-corrected chi connectivity index (χ0v) is 13.9. The van der Waals surface area contributed by atoms with E-state index in [0.29, 0.717) is 28.2 Å². The Morgan fingerprint density at radius 3 is 2.65 bits per heavy atom. The highest BCUT2D eigenvalue weighted by Crippen LogP contribution is 2.26. The van der Waals surface area contributed by atoms with Gasteiger partial charge in [0.05, 0.1) is 6.20 Å². The van der Waals surface area contributed by atoms with Crippen LogP contribution in [0.2, 0.25) is 0 Å². The number of fused-ring (bicyclic) bond motifs is 1. The van der Waals surface area contributed by atoms with Gasteiger partial charge < -0.3 is 9.32 Å². The average Bonchev–Trinajstić information content (AvgIpc) is 3.11. The van der Waals surface area contributed by atoms with Crippen LogP contribution in [0.25, 0.3) is 22.6 Å². The van der Waals surface area contributed by atoms with Gasteiger partial charge in [-0.05, 0) is 42.5 Å². The number of rotatable bonds is 3. The highest BCUT2D eigenvalue weighted by molar-refractivity contribution is 6.05. The molecule has 0 aliphatic rings. The molecule has 5 nitrogen and oxygen atoms in total. The molecule has 1 amide bonds. The van der Waals surface area contributed by atoms with Crippen molar-refractivity contribution in [3.05, 3.63) is 78.4 Å². The van der Waals surface area contributed by atoms with Crippen LogP contribution in [0, 0.1) is 5.82 Å². The van der Waals surface area contributed by atoms with Crippen molar-refractivity contribution in [1.29, 1.82) is 0 Å². The fourth-order valence-corrected chi connectivity index (χ4v) is 2.66. The number of oxazole rings is 1. The molecule has 0 saturated heterocycles. The molecule has 0 radical (unpaired) electrons. The zero-order chi connectivity index (χ0) is 18.1. The number of hydrogen-bond donors (Lipinski definition) is 0.